The van der Waals surface area contributed by atoms with Crippen LogP contribution in [0.15, 0.2) is 53.4 Å². The average Bonchev–Trinajstić information content (AvgIpc) is 2.58. The minimum Gasteiger partial charge on any atom is -0.452 e. The molecule has 6 nitrogen and oxygen atoms in total. The topological polar surface area (TPSA) is 89.5 Å². The lowest BCUT2D eigenvalue weighted by atomic mass is 10.2. The van der Waals surface area contributed by atoms with Gasteiger partial charge >= 0.3 is 12.1 Å². The highest BCUT2D eigenvalue weighted by atomic mass is 32.2. The molecular formula is C17H14F3NO5S. The molecule has 0 atom stereocenters. The van der Waals surface area contributed by atoms with E-state index in [0.717, 1.165) is 30.5 Å². The molecule has 2 aromatic rings. The summed E-state index contributed by atoms with van der Waals surface area (Å²) in [7, 11) is -3.53. The van der Waals surface area contributed by atoms with Crippen molar-refractivity contribution in [2.24, 2.45) is 0 Å². The van der Waals surface area contributed by atoms with Crippen molar-refractivity contribution >= 4 is 27.4 Å². The highest BCUT2D eigenvalue weighted by Gasteiger charge is 2.30. The molecule has 27 heavy (non-hydrogen) atoms. The van der Waals surface area contributed by atoms with Crippen molar-refractivity contribution in [3.8, 4) is 0 Å². The quantitative estimate of drug-likeness (QED) is 0.779. The molecule has 0 spiro atoms. The van der Waals surface area contributed by atoms with E-state index in [4.69, 9.17) is 4.74 Å². The molecule has 0 saturated heterocycles. The fraction of sp³-hybridized carbons (Fsp3) is 0.176. The third kappa shape index (κ3) is 5.81. The summed E-state index contributed by atoms with van der Waals surface area (Å²) in [5.74, 6) is -1.79. The van der Waals surface area contributed by atoms with Gasteiger partial charge in [0.25, 0.3) is 5.91 Å². The molecule has 0 heterocycles. The summed E-state index contributed by atoms with van der Waals surface area (Å²) in [6.45, 7) is -0.752. The minimum atomic E-state index is -4.56. The molecular weight excluding hydrogens is 387 g/mol. The fourth-order valence-electron chi connectivity index (χ4n) is 2.04. The first-order valence-corrected chi connectivity index (χ1v) is 9.30. The molecule has 144 valence electrons. The first kappa shape index (κ1) is 20.4. The van der Waals surface area contributed by atoms with E-state index in [9.17, 15) is 31.2 Å². The maximum absolute atomic E-state index is 12.6. The van der Waals surface area contributed by atoms with Gasteiger partial charge in [-0.25, -0.2) is 13.2 Å². The minimum absolute atomic E-state index is 0.0789. The number of sulfone groups is 1. The van der Waals surface area contributed by atoms with Gasteiger partial charge in [0.2, 0.25) is 0 Å². The number of ether oxygens (including phenoxy) is 1. The van der Waals surface area contributed by atoms with E-state index >= 15 is 0 Å². The number of hydrogen-bond acceptors (Lipinski definition) is 5. The zero-order valence-corrected chi connectivity index (χ0v) is 14.7. The number of amides is 1. The summed E-state index contributed by atoms with van der Waals surface area (Å²) in [6.07, 6.45) is -3.59. The molecule has 2 rings (SSSR count). The van der Waals surface area contributed by atoms with Crippen molar-refractivity contribution in [2.75, 3.05) is 18.2 Å². The monoisotopic (exact) mass is 401 g/mol. The average molecular weight is 401 g/mol. The zero-order valence-electron chi connectivity index (χ0n) is 13.9. The zero-order chi connectivity index (χ0) is 20.2. The Bertz CT molecular complexity index is 971. The molecule has 0 aliphatic rings. The number of carbonyl (C=O) groups is 2. The SMILES string of the molecule is CS(=O)(=O)c1cccc(C(=O)OCC(=O)Nc2cccc(C(F)(F)F)c2)c1. The van der Waals surface area contributed by atoms with Gasteiger partial charge in [-0.2, -0.15) is 13.2 Å². The summed E-state index contributed by atoms with van der Waals surface area (Å²) >= 11 is 0. The third-order valence-electron chi connectivity index (χ3n) is 3.31. The number of alkyl halides is 3. The van der Waals surface area contributed by atoms with Crippen LogP contribution in [0.5, 0.6) is 0 Å². The first-order chi connectivity index (χ1) is 12.5. The molecule has 10 heteroatoms. The summed E-state index contributed by atoms with van der Waals surface area (Å²) in [4.78, 5) is 23.6. The van der Waals surface area contributed by atoms with Gasteiger partial charge in [0.15, 0.2) is 16.4 Å². The number of halogens is 3. The van der Waals surface area contributed by atoms with Gasteiger partial charge in [-0.15, -0.1) is 0 Å². The Hall–Kier alpha value is -2.88. The number of hydrogen-bond donors (Lipinski definition) is 1. The predicted octanol–water partition coefficient (Wildman–Crippen LogP) is 2.90. The van der Waals surface area contributed by atoms with Crippen molar-refractivity contribution in [3.63, 3.8) is 0 Å². The van der Waals surface area contributed by atoms with Crippen LogP contribution >= 0.6 is 0 Å². The largest absolute Gasteiger partial charge is 0.452 e. The van der Waals surface area contributed by atoms with E-state index in [2.05, 4.69) is 5.32 Å². The van der Waals surface area contributed by atoms with Crippen molar-refractivity contribution < 1.29 is 35.9 Å². The molecule has 0 bridgehead atoms. The maximum Gasteiger partial charge on any atom is 0.416 e. The number of carbonyl (C=O) groups excluding carboxylic acids is 2. The second kappa shape index (κ2) is 7.78. The second-order valence-corrected chi connectivity index (χ2v) is 7.52. The number of anilines is 1. The second-order valence-electron chi connectivity index (χ2n) is 5.50. The molecule has 0 fully saturated rings. The lowest BCUT2D eigenvalue weighted by Crippen LogP contribution is -2.21. The molecule has 0 aliphatic heterocycles. The first-order valence-electron chi connectivity index (χ1n) is 7.41. The van der Waals surface area contributed by atoms with Crippen molar-refractivity contribution in [3.05, 3.63) is 59.7 Å². The van der Waals surface area contributed by atoms with E-state index < -0.39 is 40.1 Å². The molecule has 0 aliphatic carbocycles. The molecule has 2 aromatic carbocycles. The van der Waals surface area contributed by atoms with E-state index in [0.29, 0.717) is 0 Å². The van der Waals surface area contributed by atoms with Gasteiger partial charge in [-0.3, -0.25) is 4.79 Å². The van der Waals surface area contributed by atoms with E-state index in [-0.39, 0.29) is 16.1 Å². The van der Waals surface area contributed by atoms with Crippen LogP contribution in [0.1, 0.15) is 15.9 Å². The lowest BCUT2D eigenvalue weighted by Gasteiger charge is -2.10. The van der Waals surface area contributed by atoms with Gasteiger partial charge in [-0.1, -0.05) is 12.1 Å². The summed E-state index contributed by atoms with van der Waals surface area (Å²) in [6, 6.07) is 9.03. The summed E-state index contributed by atoms with van der Waals surface area (Å²) < 4.78 is 65.6. The summed E-state index contributed by atoms with van der Waals surface area (Å²) in [5, 5.41) is 2.18. The normalized spacial score (nSPS) is 11.7. The molecule has 0 unspecified atom stereocenters. The third-order valence-corrected chi connectivity index (χ3v) is 4.42. The Balaban J connectivity index is 1.99. The molecule has 0 saturated carbocycles. The summed E-state index contributed by atoms with van der Waals surface area (Å²) in [5.41, 5.74) is -1.12. The van der Waals surface area contributed by atoms with Crippen LogP contribution in [0.3, 0.4) is 0 Å². The van der Waals surface area contributed by atoms with Crippen LogP contribution < -0.4 is 5.32 Å². The smallest absolute Gasteiger partial charge is 0.416 e. The van der Waals surface area contributed by atoms with Gasteiger partial charge in [0.05, 0.1) is 16.0 Å². The Morgan fingerprint density at radius 2 is 1.74 bits per heavy atom. The number of nitrogens with one attached hydrogen (secondary N) is 1. The Morgan fingerprint density at radius 3 is 2.37 bits per heavy atom. The molecule has 1 N–H and O–H groups in total. The Morgan fingerprint density at radius 1 is 1.07 bits per heavy atom. The van der Waals surface area contributed by atoms with Gasteiger partial charge < -0.3 is 10.1 Å². The highest BCUT2D eigenvalue weighted by Crippen LogP contribution is 2.30. The van der Waals surface area contributed by atoms with Gasteiger partial charge in [0.1, 0.15) is 0 Å². The predicted molar refractivity (Wildman–Crippen MR) is 89.9 cm³/mol. The van der Waals surface area contributed by atoms with E-state index in [1.54, 1.807) is 0 Å². The molecule has 1 amide bonds. The highest BCUT2D eigenvalue weighted by molar-refractivity contribution is 7.90. The van der Waals surface area contributed by atoms with Crippen molar-refractivity contribution in [2.45, 2.75) is 11.1 Å². The maximum atomic E-state index is 12.6. The van der Waals surface area contributed by atoms with Crippen molar-refractivity contribution in [1.29, 1.82) is 0 Å². The lowest BCUT2D eigenvalue weighted by molar-refractivity contribution is -0.137. The van der Waals surface area contributed by atoms with Crippen molar-refractivity contribution in [1.82, 2.24) is 0 Å². The van der Waals surface area contributed by atoms with Crippen LogP contribution in [0.25, 0.3) is 0 Å². The number of benzene rings is 2. The van der Waals surface area contributed by atoms with Gasteiger partial charge in [-0.05, 0) is 36.4 Å². The number of rotatable bonds is 5. The van der Waals surface area contributed by atoms with Crippen LogP contribution in [-0.4, -0.2) is 33.2 Å². The standard InChI is InChI=1S/C17H14F3NO5S/c1-27(24,25)14-7-2-4-11(8-14)16(23)26-10-15(22)21-13-6-3-5-12(9-13)17(18,19)20/h2-9H,10H2,1H3,(H,21,22). The van der Waals surface area contributed by atoms with E-state index in [1.807, 2.05) is 0 Å². The van der Waals surface area contributed by atoms with E-state index in [1.165, 1.54) is 24.3 Å². The fourth-order valence-corrected chi connectivity index (χ4v) is 2.71. The molecule has 0 radical (unpaired) electrons. The van der Waals surface area contributed by atoms with Crippen LogP contribution in [0.4, 0.5) is 18.9 Å². The number of esters is 1. The Labute approximate surface area is 152 Å². The van der Waals surface area contributed by atoms with Crippen LogP contribution in [0.2, 0.25) is 0 Å². The Kier molecular flexibility index (Phi) is 5.89. The van der Waals surface area contributed by atoms with Gasteiger partial charge in [0, 0.05) is 11.9 Å². The van der Waals surface area contributed by atoms with Crippen LogP contribution in [0, 0.1) is 0 Å². The molecule has 0 aromatic heterocycles. The van der Waals surface area contributed by atoms with Crippen LogP contribution in [-0.2, 0) is 25.5 Å².